The van der Waals surface area contributed by atoms with Gasteiger partial charge in [-0.05, 0) is 48.9 Å². The minimum absolute atomic E-state index is 0.0574. The first-order chi connectivity index (χ1) is 19.2. The lowest BCUT2D eigenvalue weighted by molar-refractivity contribution is -0.205. The van der Waals surface area contributed by atoms with Gasteiger partial charge in [0.05, 0.1) is 30.6 Å². The molecule has 2 bridgehead atoms. The minimum atomic E-state index is -0.681. The molecule has 41 heavy (non-hydrogen) atoms. The number of carbonyl (C=O) groups is 3. The second-order valence-electron chi connectivity index (χ2n) is 14.1. The fourth-order valence-corrected chi connectivity index (χ4v) is 9.30. The molecule has 9 heteroatoms. The number of morpholine rings is 1. The van der Waals surface area contributed by atoms with Gasteiger partial charge in [-0.25, -0.2) is 0 Å². The van der Waals surface area contributed by atoms with Crippen molar-refractivity contribution in [2.45, 2.75) is 98.0 Å². The molecule has 4 rings (SSSR count). The third kappa shape index (κ3) is 5.77. The van der Waals surface area contributed by atoms with E-state index in [-0.39, 0.29) is 58.6 Å². The molecule has 1 amide bonds. The van der Waals surface area contributed by atoms with Crippen LogP contribution in [-0.2, 0) is 23.9 Å². The Bertz CT molecular complexity index is 1020. The summed E-state index contributed by atoms with van der Waals surface area (Å²) in [4.78, 5) is 41.4. The Kier molecular flexibility index (Phi) is 9.74. The molecule has 4 fully saturated rings. The fourth-order valence-electron chi connectivity index (χ4n) is 8.48. The maximum atomic E-state index is 13.6. The van der Waals surface area contributed by atoms with E-state index in [0.717, 1.165) is 19.3 Å². The van der Waals surface area contributed by atoms with E-state index in [2.05, 4.69) is 27.4 Å². The largest absolute Gasteiger partial charge is 0.461 e. The summed E-state index contributed by atoms with van der Waals surface area (Å²) in [6.45, 7) is 17.8. The van der Waals surface area contributed by atoms with Gasteiger partial charge in [0, 0.05) is 42.0 Å². The van der Waals surface area contributed by atoms with Crippen molar-refractivity contribution >= 4 is 29.4 Å². The second kappa shape index (κ2) is 12.3. The molecular formula is C32H52N2O6S. The van der Waals surface area contributed by atoms with Crippen molar-refractivity contribution in [2.24, 2.45) is 45.7 Å². The van der Waals surface area contributed by atoms with Crippen LogP contribution in [0.15, 0.2) is 12.7 Å². The maximum absolute atomic E-state index is 13.6. The first-order valence-corrected chi connectivity index (χ1v) is 16.6. The summed E-state index contributed by atoms with van der Waals surface area (Å²) in [5.41, 5.74) is 4.62. The number of Topliss-reactive ketones (excluding diaryl/α,β-unsaturated/α-hetero) is 1. The van der Waals surface area contributed by atoms with E-state index < -0.39 is 29.1 Å². The first-order valence-electron chi connectivity index (χ1n) is 15.5. The monoisotopic (exact) mass is 592 g/mol. The number of hydrogen-bond donors (Lipinski definition) is 2. The first kappa shape index (κ1) is 32.5. The molecule has 1 aliphatic heterocycles. The number of hydrogen-bond acceptors (Lipinski definition) is 8. The summed E-state index contributed by atoms with van der Waals surface area (Å²) in [7, 11) is 0. The molecule has 10 atom stereocenters. The Balaban J connectivity index is 1.47. The van der Waals surface area contributed by atoms with Crippen LogP contribution in [-0.4, -0.2) is 83.2 Å². The smallest absolute Gasteiger partial charge is 0.316 e. The van der Waals surface area contributed by atoms with E-state index in [9.17, 15) is 19.5 Å². The van der Waals surface area contributed by atoms with Crippen molar-refractivity contribution in [3.63, 3.8) is 0 Å². The molecule has 4 aliphatic rings. The second-order valence-corrected chi connectivity index (χ2v) is 15.2. The summed E-state index contributed by atoms with van der Waals surface area (Å²) in [5.74, 6) is 0.533. The molecule has 1 saturated heterocycles. The number of ether oxygens (including phenoxy) is 2. The highest BCUT2D eigenvalue weighted by atomic mass is 32.2. The number of esters is 1. The minimum Gasteiger partial charge on any atom is -0.461 e. The van der Waals surface area contributed by atoms with Gasteiger partial charge in [-0.2, -0.15) is 0 Å². The average molecular weight is 593 g/mol. The molecule has 0 radical (unpaired) electrons. The topological polar surface area (TPSA) is 119 Å². The van der Waals surface area contributed by atoms with Gasteiger partial charge >= 0.3 is 5.97 Å². The van der Waals surface area contributed by atoms with Crippen molar-refractivity contribution in [3.05, 3.63) is 12.7 Å². The van der Waals surface area contributed by atoms with E-state index in [1.165, 1.54) is 11.8 Å². The van der Waals surface area contributed by atoms with E-state index in [0.29, 0.717) is 38.3 Å². The van der Waals surface area contributed by atoms with Gasteiger partial charge in [0.15, 0.2) is 0 Å². The predicted molar refractivity (Wildman–Crippen MR) is 161 cm³/mol. The van der Waals surface area contributed by atoms with Crippen LogP contribution in [0, 0.1) is 39.9 Å². The lowest BCUT2D eigenvalue weighted by Gasteiger charge is -2.61. The fraction of sp³-hybridized carbons (Fsp3) is 0.844. The summed E-state index contributed by atoms with van der Waals surface area (Å²) < 4.78 is 12.2. The Morgan fingerprint density at radius 2 is 2.00 bits per heavy atom. The number of nitrogens with zero attached hydrogens (tertiary/aromatic N) is 1. The van der Waals surface area contributed by atoms with E-state index in [1.807, 2.05) is 26.8 Å². The van der Waals surface area contributed by atoms with Gasteiger partial charge in [0.25, 0.3) is 0 Å². The molecule has 0 aromatic heterocycles. The number of thioether (sulfide) groups is 1. The predicted octanol–water partition coefficient (Wildman–Crippen LogP) is 3.84. The lowest BCUT2D eigenvalue weighted by atomic mass is 9.44. The normalized spacial score (nSPS) is 41.8. The number of amides is 1. The lowest BCUT2D eigenvalue weighted by Crippen LogP contribution is -2.63. The van der Waals surface area contributed by atoms with Gasteiger partial charge < -0.3 is 25.2 Å². The maximum Gasteiger partial charge on any atom is 0.316 e. The highest BCUT2D eigenvalue weighted by molar-refractivity contribution is 7.99. The van der Waals surface area contributed by atoms with Crippen molar-refractivity contribution in [3.8, 4) is 0 Å². The summed E-state index contributed by atoms with van der Waals surface area (Å²) in [5, 5.41) is 11.7. The molecule has 1 heterocycles. The number of rotatable bonds is 8. The van der Waals surface area contributed by atoms with Gasteiger partial charge in [-0.1, -0.05) is 47.6 Å². The third-order valence-electron chi connectivity index (χ3n) is 11.6. The average Bonchev–Trinajstić information content (AvgIpc) is 3.30. The zero-order chi connectivity index (χ0) is 30.3. The molecule has 0 aromatic rings. The number of aliphatic hydroxyl groups is 1. The summed E-state index contributed by atoms with van der Waals surface area (Å²) in [6.07, 6.45) is 4.03. The Morgan fingerprint density at radius 1 is 1.29 bits per heavy atom. The van der Waals surface area contributed by atoms with Gasteiger partial charge in [0.2, 0.25) is 5.91 Å². The number of nitrogens with two attached hydrogens (primary N) is 1. The molecule has 0 spiro atoms. The van der Waals surface area contributed by atoms with Crippen LogP contribution in [0.5, 0.6) is 0 Å². The van der Waals surface area contributed by atoms with Crippen molar-refractivity contribution < 1.29 is 29.0 Å². The Hall–Kier alpha value is -1.42. The third-order valence-corrected chi connectivity index (χ3v) is 12.6. The summed E-state index contributed by atoms with van der Waals surface area (Å²) >= 11 is 1.44. The number of aliphatic hydroxyl groups excluding tert-OH is 1. The van der Waals surface area contributed by atoms with Crippen LogP contribution in [0.3, 0.4) is 0 Å². The standard InChI is InChI=1S/C32H52N2O6S/c1-8-30(6)15-24(31(7)20(4)9-11-32(21(5)28(30)37)12-10-23(35)27(31)32)40-25(36)18-41-17-22-16-34(13-14-39-22)29(38)26(33)19(2)3/h8,19-22,24,26-28,37H,1,9-18,33H2,2-7H3/t20?,21-,22?,24+,26-,27?,28-,30+,31-,32-/m0/s1. The molecule has 3 saturated carbocycles. The van der Waals surface area contributed by atoms with Crippen molar-refractivity contribution in [1.82, 2.24) is 4.90 Å². The van der Waals surface area contributed by atoms with E-state index >= 15 is 0 Å². The van der Waals surface area contributed by atoms with Crippen LogP contribution in [0.25, 0.3) is 0 Å². The molecule has 3 aliphatic carbocycles. The van der Waals surface area contributed by atoms with Crippen LogP contribution in [0.2, 0.25) is 0 Å². The quantitative estimate of drug-likeness (QED) is 0.322. The summed E-state index contributed by atoms with van der Waals surface area (Å²) in [6, 6.07) is -0.531. The van der Waals surface area contributed by atoms with Crippen LogP contribution in [0.1, 0.15) is 73.6 Å². The highest BCUT2D eigenvalue weighted by Crippen LogP contribution is 2.68. The molecular weight excluding hydrogens is 540 g/mol. The zero-order valence-electron chi connectivity index (χ0n) is 25.9. The van der Waals surface area contributed by atoms with Gasteiger partial charge in [-0.3, -0.25) is 14.4 Å². The van der Waals surface area contributed by atoms with Crippen LogP contribution < -0.4 is 5.73 Å². The van der Waals surface area contributed by atoms with Gasteiger partial charge in [0.1, 0.15) is 11.9 Å². The number of ketones is 1. The molecule has 232 valence electrons. The van der Waals surface area contributed by atoms with E-state index in [4.69, 9.17) is 15.2 Å². The Labute approximate surface area is 250 Å². The van der Waals surface area contributed by atoms with Gasteiger partial charge in [-0.15, -0.1) is 18.3 Å². The highest BCUT2D eigenvalue weighted by Gasteiger charge is 2.68. The molecule has 0 aromatic carbocycles. The van der Waals surface area contributed by atoms with Crippen LogP contribution in [0.4, 0.5) is 0 Å². The molecule has 3 unspecified atom stereocenters. The van der Waals surface area contributed by atoms with Crippen molar-refractivity contribution in [2.75, 3.05) is 31.2 Å². The molecule has 3 N–H and O–H groups in total. The Morgan fingerprint density at radius 3 is 2.66 bits per heavy atom. The zero-order valence-corrected chi connectivity index (χ0v) is 26.7. The van der Waals surface area contributed by atoms with E-state index in [1.54, 1.807) is 4.90 Å². The molecule has 8 nitrogen and oxygen atoms in total. The number of carbonyl (C=O) groups excluding carboxylic acids is 3. The van der Waals surface area contributed by atoms with Crippen LogP contribution >= 0.6 is 11.8 Å². The SMILES string of the molecule is C=C[C@]1(C)C[C@@H](OC(=O)CSCC2CN(C(=O)[C@@H](N)C(C)C)CCO2)[C@]2(C)C(C)CC[C@]3(CCC(=O)C32)[C@@H](C)[C@@H]1O. The van der Waals surface area contributed by atoms with Crippen molar-refractivity contribution in [1.29, 1.82) is 0 Å².